The van der Waals surface area contributed by atoms with Crippen LogP contribution in [0.15, 0.2) is 39.3 Å². The van der Waals surface area contributed by atoms with E-state index in [4.69, 9.17) is 9.26 Å². The van der Waals surface area contributed by atoms with E-state index in [0.29, 0.717) is 6.61 Å². The molecular weight excluding hydrogens is 320 g/mol. The minimum atomic E-state index is 0.167. The van der Waals surface area contributed by atoms with Crippen molar-refractivity contribution in [1.82, 2.24) is 10.5 Å². The van der Waals surface area contributed by atoms with Gasteiger partial charge in [0, 0.05) is 17.0 Å². The monoisotopic (exact) mass is 336 g/mol. The summed E-state index contributed by atoms with van der Waals surface area (Å²) < 4.78 is 12.2. The van der Waals surface area contributed by atoms with Crippen LogP contribution >= 0.6 is 15.9 Å². The summed E-state index contributed by atoms with van der Waals surface area (Å²) >= 11 is 3.47. The summed E-state index contributed by atoms with van der Waals surface area (Å²) in [5.41, 5.74) is 2.05. The van der Waals surface area contributed by atoms with Gasteiger partial charge in [-0.1, -0.05) is 33.2 Å². The van der Waals surface area contributed by atoms with Gasteiger partial charge in [0.2, 0.25) is 0 Å². The number of halogens is 1. The summed E-state index contributed by atoms with van der Waals surface area (Å²) in [7, 11) is 0. The highest BCUT2D eigenvalue weighted by Crippen LogP contribution is 2.17. The SMILES string of the molecule is Brc1cccc(Cc2cc(CO[C@H]3CCCN3)no2)c1. The minimum Gasteiger partial charge on any atom is -0.361 e. The number of aromatic nitrogens is 1. The molecule has 4 nitrogen and oxygen atoms in total. The topological polar surface area (TPSA) is 47.3 Å². The average Bonchev–Trinajstić information content (AvgIpc) is 3.07. The normalized spacial score (nSPS) is 18.6. The van der Waals surface area contributed by atoms with E-state index in [9.17, 15) is 0 Å². The van der Waals surface area contributed by atoms with E-state index in [-0.39, 0.29) is 6.23 Å². The van der Waals surface area contributed by atoms with Crippen LogP contribution < -0.4 is 5.32 Å². The van der Waals surface area contributed by atoms with Crippen molar-refractivity contribution in [3.8, 4) is 0 Å². The van der Waals surface area contributed by atoms with Crippen molar-refractivity contribution >= 4 is 15.9 Å². The number of nitrogens with zero attached hydrogens (tertiary/aromatic N) is 1. The Morgan fingerprint density at radius 1 is 1.40 bits per heavy atom. The molecule has 0 amide bonds. The van der Waals surface area contributed by atoms with Gasteiger partial charge in [0.05, 0.1) is 6.61 Å². The first kappa shape index (κ1) is 13.8. The molecule has 1 aliphatic heterocycles. The lowest BCUT2D eigenvalue weighted by atomic mass is 10.1. The molecule has 0 radical (unpaired) electrons. The van der Waals surface area contributed by atoms with Crippen LogP contribution in [-0.4, -0.2) is 17.9 Å². The molecule has 20 heavy (non-hydrogen) atoms. The molecule has 1 saturated heterocycles. The van der Waals surface area contributed by atoms with Crippen molar-refractivity contribution in [3.63, 3.8) is 0 Å². The predicted octanol–water partition coefficient (Wildman–Crippen LogP) is 3.25. The fourth-order valence-corrected chi connectivity index (χ4v) is 2.78. The number of nitrogens with one attached hydrogen (secondary N) is 1. The molecule has 0 saturated carbocycles. The first-order valence-electron chi connectivity index (χ1n) is 6.83. The Morgan fingerprint density at radius 3 is 3.15 bits per heavy atom. The second-order valence-corrected chi connectivity index (χ2v) is 5.90. The third kappa shape index (κ3) is 3.69. The van der Waals surface area contributed by atoms with E-state index in [1.807, 2.05) is 18.2 Å². The molecule has 0 aliphatic carbocycles. The van der Waals surface area contributed by atoms with Crippen LogP contribution in [0.5, 0.6) is 0 Å². The van der Waals surface area contributed by atoms with Crippen molar-refractivity contribution in [3.05, 3.63) is 51.8 Å². The van der Waals surface area contributed by atoms with Gasteiger partial charge < -0.3 is 9.26 Å². The first-order chi connectivity index (χ1) is 9.79. The molecular formula is C15H17BrN2O2. The van der Waals surface area contributed by atoms with Crippen molar-refractivity contribution in [2.45, 2.75) is 32.1 Å². The summed E-state index contributed by atoms with van der Waals surface area (Å²) in [5, 5.41) is 7.35. The van der Waals surface area contributed by atoms with Crippen LogP contribution in [0.3, 0.4) is 0 Å². The van der Waals surface area contributed by atoms with Gasteiger partial charge in [-0.05, 0) is 37.1 Å². The third-order valence-corrected chi connectivity index (χ3v) is 3.82. The Bertz CT molecular complexity index is 565. The van der Waals surface area contributed by atoms with Crippen molar-refractivity contribution < 1.29 is 9.26 Å². The summed E-state index contributed by atoms with van der Waals surface area (Å²) in [6.45, 7) is 1.54. The molecule has 2 heterocycles. The average molecular weight is 337 g/mol. The second-order valence-electron chi connectivity index (χ2n) is 4.99. The van der Waals surface area contributed by atoms with Crippen molar-refractivity contribution in [2.24, 2.45) is 0 Å². The molecule has 1 aliphatic rings. The Balaban J connectivity index is 1.56. The van der Waals surface area contributed by atoms with Crippen LogP contribution in [0, 0.1) is 0 Å². The summed E-state index contributed by atoms with van der Waals surface area (Å²) in [6.07, 6.45) is 3.16. The molecule has 2 aromatic rings. The van der Waals surface area contributed by atoms with E-state index in [2.05, 4.69) is 38.5 Å². The number of benzene rings is 1. The van der Waals surface area contributed by atoms with Gasteiger partial charge in [0.15, 0.2) is 0 Å². The zero-order valence-corrected chi connectivity index (χ0v) is 12.7. The lowest BCUT2D eigenvalue weighted by molar-refractivity contribution is 0.0281. The first-order valence-corrected chi connectivity index (χ1v) is 7.63. The van der Waals surface area contributed by atoms with Crippen molar-refractivity contribution in [2.75, 3.05) is 6.54 Å². The summed E-state index contributed by atoms with van der Waals surface area (Å²) in [5.74, 6) is 0.862. The highest BCUT2D eigenvalue weighted by molar-refractivity contribution is 9.10. The molecule has 1 fully saturated rings. The zero-order chi connectivity index (χ0) is 13.8. The third-order valence-electron chi connectivity index (χ3n) is 3.32. The van der Waals surface area contributed by atoms with E-state index < -0.39 is 0 Å². The lowest BCUT2D eigenvalue weighted by Gasteiger charge is -2.09. The van der Waals surface area contributed by atoms with Gasteiger partial charge in [-0.2, -0.15) is 0 Å². The maximum absolute atomic E-state index is 5.73. The second kappa shape index (κ2) is 6.52. The van der Waals surface area contributed by atoms with E-state index in [1.165, 1.54) is 12.0 Å². The smallest absolute Gasteiger partial charge is 0.141 e. The van der Waals surface area contributed by atoms with Gasteiger partial charge in [-0.3, -0.25) is 5.32 Å². The molecule has 0 unspecified atom stereocenters. The summed E-state index contributed by atoms with van der Waals surface area (Å²) in [6, 6.07) is 10.2. The molecule has 1 aromatic heterocycles. The Labute approximate surface area is 126 Å². The van der Waals surface area contributed by atoms with Crippen LogP contribution in [0.25, 0.3) is 0 Å². The van der Waals surface area contributed by atoms with Crippen LogP contribution in [-0.2, 0) is 17.8 Å². The number of ether oxygens (including phenoxy) is 1. The molecule has 5 heteroatoms. The molecule has 0 spiro atoms. The highest BCUT2D eigenvalue weighted by Gasteiger charge is 2.15. The fourth-order valence-electron chi connectivity index (χ4n) is 2.34. The Hall–Kier alpha value is -1.17. The van der Waals surface area contributed by atoms with Gasteiger partial charge >= 0.3 is 0 Å². The highest BCUT2D eigenvalue weighted by atomic mass is 79.9. The maximum Gasteiger partial charge on any atom is 0.141 e. The van der Waals surface area contributed by atoms with E-state index >= 15 is 0 Å². The number of hydrogen-bond acceptors (Lipinski definition) is 4. The van der Waals surface area contributed by atoms with E-state index in [1.54, 1.807) is 0 Å². The van der Waals surface area contributed by atoms with Gasteiger partial charge in [-0.25, -0.2) is 0 Å². The molecule has 1 atom stereocenters. The van der Waals surface area contributed by atoms with Gasteiger partial charge in [0.25, 0.3) is 0 Å². The molecule has 3 rings (SSSR count). The van der Waals surface area contributed by atoms with Gasteiger partial charge in [-0.15, -0.1) is 0 Å². The molecule has 1 aromatic carbocycles. The van der Waals surface area contributed by atoms with Crippen LogP contribution in [0.1, 0.15) is 29.9 Å². The Kier molecular flexibility index (Phi) is 4.50. The van der Waals surface area contributed by atoms with E-state index in [0.717, 1.165) is 35.3 Å². The van der Waals surface area contributed by atoms with Gasteiger partial charge in [0.1, 0.15) is 17.7 Å². The molecule has 1 N–H and O–H groups in total. The minimum absolute atomic E-state index is 0.167. The fraction of sp³-hybridized carbons (Fsp3) is 0.400. The van der Waals surface area contributed by atoms with Crippen molar-refractivity contribution in [1.29, 1.82) is 0 Å². The molecule has 0 bridgehead atoms. The zero-order valence-electron chi connectivity index (χ0n) is 11.1. The summed E-state index contributed by atoms with van der Waals surface area (Å²) in [4.78, 5) is 0. The largest absolute Gasteiger partial charge is 0.361 e. The van der Waals surface area contributed by atoms with Crippen LogP contribution in [0.4, 0.5) is 0 Å². The molecule has 106 valence electrons. The standard InChI is InChI=1S/C15H17BrN2O2/c16-12-4-1-3-11(7-12)8-14-9-13(18-20-14)10-19-15-5-2-6-17-15/h1,3-4,7,9,15,17H,2,5-6,8,10H2/t15-/m0/s1. The number of hydrogen-bond donors (Lipinski definition) is 1. The lowest BCUT2D eigenvalue weighted by Crippen LogP contribution is -2.24. The quantitative estimate of drug-likeness (QED) is 0.910. The Morgan fingerprint density at radius 2 is 2.35 bits per heavy atom. The predicted molar refractivity (Wildman–Crippen MR) is 79.3 cm³/mol. The van der Waals surface area contributed by atoms with Crippen LogP contribution in [0.2, 0.25) is 0 Å². The maximum atomic E-state index is 5.73. The number of rotatable bonds is 5.